The third kappa shape index (κ3) is 8.95. The molecule has 0 aromatic heterocycles. The highest BCUT2D eigenvalue weighted by Crippen LogP contribution is 2.27. The van der Waals surface area contributed by atoms with Crippen LogP contribution in [0.15, 0.2) is 89.9 Å². The van der Waals surface area contributed by atoms with Crippen LogP contribution in [0.2, 0.25) is 0 Å². The number of rotatable bonds is 14. The molecule has 40 heavy (non-hydrogen) atoms. The largest absolute Gasteiger partial charge is 0.508 e. The molecule has 10 nitrogen and oxygen atoms in total. The molecule has 2 amide bonds. The maximum absolute atomic E-state index is 14.0. The van der Waals surface area contributed by atoms with Crippen LogP contribution in [0.3, 0.4) is 0 Å². The van der Waals surface area contributed by atoms with Crippen molar-refractivity contribution in [1.29, 1.82) is 0 Å². The van der Waals surface area contributed by atoms with Gasteiger partial charge in [0.1, 0.15) is 12.3 Å². The van der Waals surface area contributed by atoms with Gasteiger partial charge in [0.25, 0.3) is 0 Å². The van der Waals surface area contributed by atoms with Gasteiger partial charge in [-0.05, 0) is 54.6 Å². The van der Waals surface area contributed by atoms with Crippen LogP contribution >= 0.6 is 0 Å². The van der Waals surface area contributed by atoms with E-state index in [1.165, 1.54) is 0 Å². The van der Waals surface area contributed by atoms with E-state index in [-0.39, 0.29) is 24.7 Å². The molecule has 0 unspecified atom stereocenters. The Labute approximate surface area is 233 Å². The van der Waals surface area contributed by atoms with Gasteiger partial charge in [-0.3, -0.25) is 24.3 Å². The zero-order chi connectivity index (χ0) is 28.9. The van der Waals surface area contributed by atoms with Crippen molar-refractivity contribution in [2.45, 2.75) is 31.2 Å². The molecular weight excluding hydrogens is 510 g/mol. The topological polar surface area (TPSA) is 171 Å². The number of carboxylic acid groups (broad SMARTS) is 1. The molecule has 0 fully saturated rings. The zero-order valence-electron chi connectivity index (χ0n) is 22.1. The average molecular weight is 546 g/mol. The van der Waals surface area contributed by atoms with Crippen LogP contribution in [0.4, 0.5) is 0 Å². The number of hydrogen-bond acceptors (Lipinski definition) is 6. The normalized spacial score (nSPS) is 11.5. The number of nitrogens with two attached hydrogens (primary N) is 2. The summed E-state index contributed by atoms with van der Waals surface area (Å²) in [6.07, 6.45) is 1.24. The van der Waals surface area contributed by atoms with Gasteiger partial charge in [-0.1, -0.05) is 72.8 Å². The summed E-state index contributed by atoms with van der Waals surface area (Å²) in [5.41, 5.74) is 13.1. The summed E-state index contributed by atoms with van der Waals surface area (Å²) < 4.78 is 0. The van der Waals surface area contributed by atoms with Crippen LogP contribution in [0.5, 0.6) is 5.75 Å². The van der Waals surface area contributed by atoms with Gasteiger partial charge in [-0.15, -0.1) is 0 Å². The summed E-state index contributed by atoms with van der Waals surface area (Å²) in [4.78, 5) is 44.5. The Bertz CT molecular complexity index is 1240. The summed E-state index contributed by atoms with van der Waals surface area (Å²) in [6.45, 7) is -0.132. The number of guanidine groups is 1. The Hall–Kier alpha value is -4.70. The minimum absolute atomic E-state index is 0.0700. The SMILES string of the molecule is NC(N)=NCCC[C@H](NCCc1ccc(O)cc1)C(=O)N(CC(=O)O)C(=O)C(c1ccccc1)c1ccccc1. The summed E-state index contributed by atoms with van der Waals surface area (Å²) in [5.74, 6) is -3.35. The number of amides is 2. The lowest BCUT2D eigenvalue weighted by Crippen LogP contribution is -2.52. The van der Waals surface area contributed by atoms with Gasteiger partial charge >= 0.3 is 5.97 Å². The van der Waals surface area contributed by atoms with Crippen molar-refractivity contribution in [3.63, 3.8) is 0 Å². The number of aliphatic imine (C=N–C) groups is 1. The molecule has 0 spiro atoms. The van der Waals surface area contributed by atoms with Crippen LogP contribution in [-0.2, 0) is 20.8 Å². The third-order valence-electron chi connectivity index (χ3n) is 6.32. The first-order valence-electron chi connectivity index (χ1n) is 13.0. The summed E-state index contributed by atoms with van der Waals surface area (Å²) in [7, 11) is 0. The molecular formula is C30H35N5O5. The standard InChI is InChI=1S/C30H35N5O5/c31-30(32)34-18-7-12-25(33-19-17-21-13-15-24(36)16-14-21)28(39)35(20-26(37)38)29(40)27(22-8-3-1-4-9-22)23-10-5-2-6-11-23/h1-6,8-11,13-16,25,27,33,36H,7,12,17-20H2,(H,37,38)(H4,31,32,34)/t25-/m0/s1. The number of nitrogens with zero attached hydrogens (tertiary/aromatic N) is 2. The summed E-state index contributed by atoms with van der Waals surface area (Å²) in [6, 6.07) is 23.8. The number of carboxylic acids is 1. The average Bonchev–Trinajstić information content (AvgIpc) is 2.94. The minimum Gasteiger partial charge on any atom is -0.508 e. The van der Waals surface area contributed by atoms with E-state index < -0.39 is 36.3 Å². The highest BCUT2D eigenvalue weighted by atomic mass is 16.4. The van der Waals surface area contributed by atoms with Crippen LogP contribution in [0.1, 0.15) is 35.4 Å². The number of benzene rings is 3. The molecule has 0 aliphatic heterocycles. The van der Waals surface area contributed by atoms with E-state index in [4.69, 9.17) is 11.5 Å². The molecule has 0 bridgehead atoms. The first-order valence-corrected chi connectivity index (χ1v) is 13.0. The Morgan fingerprint density at radius 3 is 1.95 bits per heavy atom. The molecule has 3 aromatic carbocycles. The van der Waals surface area contributed by atoms with Crippen molar-refractivity contribution in [1.82, 2.24) is 10.2 Å². The van der Waals surface area contributed by atoms with E-state index in [0.717, 1.165) is 10.5 Å². The maximum Gasteiger partial charge on any atom is 0.323 e. The number of phenolic OH excluding ortho intramolecular Hbond substituents is 1. The predicted molar refractivity (Wildman–Crippen MR) is 153 cm³/mol. The lowest BCUT2D eigenvalue weighted by molar-refractivity contribution is -0.154. The van der Waals surface area contributed by atoms with E-state index >= 15 is 0 Å². The molecule has 0 heterocycles. The van der Waals surface area contributed by atoms with Crippen molar-refractivity contribution in [2.24, 2.45) is 16.5 Å². The Morgan fingerprint density at radius 1 is 0.850 bits per heavy atom. The van der Waals surface area contributed by atoms with Crippen molar-refractivity contribution in [2.75, 3.05) is 19.6 Å². The maximum atomic E-state index is 14.0. The molecule has 3 aromatic rings. The van der Waals surface area contributed by atoms with E-state index in [0.29, 0.717) is 30.5 Å². The van der Waals surface area contributed by atoms with Crippen LogP contribution in [0, 0.1) is 0 Å². The molecule has 0 saturated heterocycles. The van der Waals surface area contributed by atoms with Crippen LogP contribution in [-0.4, -0.2) is 64.5 Å². The molecule has 0 radical (unpaired) electrons. The molecule has 0 aliphatic carbocycles. The molecule has 0 aliphatic rings. The predicted octanol–water partition coefficient (Wildman–Crippen LogP) is 2.22. The number of carbonyl (C=O) groups excluding carboxylic acids is 2. The highest BCUT2D eigenvalue weighted by Gasteiger charge is 2.35. The summed E-state index contributed by atoms with van der Waals surface area (Å²) >= 11 is 0. The van der Waals surface area contributed by atoms with Crippen LogP contribution in [0.25, 0.3) is 0 Å². The number of hydrogen-bond donors (Lipinski definition) is 5. The van der Waals surface area contributed by atoms with Crippen molar-refractivity contribution in [3.05, 3.63) is 102 Å². The van der Waals surface area contributed by atoms with Crippen LogP contribution < -0.4 is 16.8 Å². The lowest BCUT2D eigenvalue weighted by Gasteiger charge is -2.29. The van der Waals surface area contributed by atoms with Gasteiger partial charge < -0.3 is 27.0 Å². The second-order valence-corrected chi connectivity index (χ2v) is 9.28. The van der Waals surface area contributed by atoms with Gasteiger partial charge in [0.15, 0.2) is 5.96 Å². The number of phenols is 1. The minimum atomic E-state index is -1.30. The fraction of sp³-hybridized carbons (Fsp3) is 0.267. The van der Waals surface area contributed by atoms with Gasteiger partial charge in [-0.25, -0.2) is 0 Å². The van der Waals surface area contributed by atoms with Gasteiger partial charge in [-0.2, -0.15) is 0 Å². The van der Waals surface area contributed by atoms with Crippen molar-refractivity contribution < 1.29 is 24.6 Å². The molecule has 1 atom stereocenters. The monoisotopic (exact) mass is 545 g/mol. The smallest absolute Gasteiger partial charge is 0.323 e. The number of carbonyl (C=O) groups is 3. The second-order valence-electron chi connectivity index (χ2n) is 9.28. The fourth-order valence-corrected chi connectivity index (χ4v) is 4.38. The Kier molecular flexibility index (Phi) is 11.2. The van der Waals surface area contributed by atoms with Crippen molar-refractivity contribution in [3.8, 4) is 5.75 Å². The lowest BCUT2D eigenvalue weighted by atomic mass is 9.89. The Morgan fingerprint density at radius 2 is 1.43 bits per heavy atom. The number of aromatic hydroxyl groups is 1. The Balaban J connectivity index is 1.88. The van der Waals surface area contributed by atoms with Crippen molar-refractivity contribution >= 4 is 23.7 Å². The van der Waals surface area contributed by atoms with E-state index in [9.17, 15) is 24.6 Å². The van der Waals surface area contributed by atoms with E-state index in [2.05, 4.69) is 10.3 Å². The highest BCUT2D eigenvalue weighted by molar-refractivity contribution is 6.03. The zero-order valence-corrected chi connectivity index (χ0v) is 22.1. The number of nitrogens with one attached hydrogen (secondary N) is 1. The first-order chi connectivity index (χ1) is 19.3. The third-order valence-corrected chi connectivity index (χ3v) is 6.32. The van der Waals surface area contributed by atoms with E-state index in [1.807, 2.05) is 12.1 Å². The molecule has 210 valence electrons. The fourth-order valence-electron chi connectivity index (χ4n) is 4.38. The first kappa shape index (κ1) is 29.9. The van der Waals surface area contributed by atoms with Gasteiger partial charge in [0, 0.05) is 6.54 Å². The summed E-state index contributed by atoms with van der Waals surface area (Å²) in [5, 5.41) is 22.4. The van der Waals surface area contributed by atoms with E-state index in [1.54, 1.807) is 72.8 Å². The molecule has 0 saturated carbocycles. The molecule has 3 rings (SSSR count). The quantitative estimate of drug-likeness (QED) is 0.117. The molecule has 10 heteroatoms. The number of aliphatic carboxylic acids is 1. The second kappa shape index (κ2) is 15.0. The van der Waals surface area contributed by atoms with Gasteiger partial charge in [0.2, 0.25) is 11.8 Å². The number of imide groups is 1. The van der Waals surface area contributed by atoms with Gasteiger partial charge in [0.05, 0.1) is 12.0 Å². The molecule has 7 N–H and O–H groups in total.